The summed E-state index contributed by atoms with van der Waals surface area (Å²) >= 11 is 0. The Morgan fingerprint density at radius 1 is 1.19 bits per heavy atom. The van der Waals surface area contributed by atoms with E-state index < -0.39 is 11.5 Å². The maximum Gasteiger partial charge on any atom is 0.331 e. The van der Waals surface area contributed by atoms with Crippen LogP contribution in [0, 0.1) is 0 Å². The summed E-state index contributed by atoms with van der Waals surface area (Å²) in [5, 5.41) is 14.4. The molecule has 0 radical (unpaired) electrons. The molecule has 0 saturated carbocycles. The second-order valence-corrected chi connectivity index (χ2v) is 6.68. The van der Waals surface area contributed by atoms with E-state index in [0.717, 1.165) is 12.3 Å². The second-order valence-electron chi connectivity index (χ2n) is 6.68. The third-order valence-corrected chi connectivity index (χ3v) is 5.07. The summed E-state index contributed by atoms with van der Waals surface area (Å²) in [6, 6.07) is 9.14. The minimum absolute atomic E-state index is 0.496. The van der Waals surface area contributed by atoms with Crippen molar-refractivity contribution in [3.05, 3.63) is 60.9 Å². The molecule has 7 heteroatoms. The van der Waals surface area contributed by atoms with Gasteiger partial charge in [0.2, 0.25) is 0 Å². The van der Waals surface area contributed by atoms with Gasteiger partial charge >= 0.3 is 5.97 Å². The van der Waals surface area contributed by atoms with Crippen molar-refractivity contribution in [3.8, 4) is 11.5 Å². The van der Waals surface area contributed by atoms with E-state index in [4.69, 9.17) is 8.83 Å². The van der Waals surface area contributed by atoms with Crippen molar-refractivity contribution in [3.63, 3.8) is 0 Å². The molecule has 4 heterocycles. The summed E-state index contributed by atoms with van der Waals surface area (Å²) < 4.78 is 12.2. The molecule has 0 unspecified atom stereocenters. The number of carboxylic acid groups (broad SMARTS) is 1. The van der Waals surface area contributed by atoms with Crippen molar-refractivity contribution in [2.45, 2.75) is 18.4 Å². The SMILES string of the molecule is O=C(O)C1(n2ccc(-c3ccco3)n2)CCN(C/C=C/c2ccco2)CC1. The van der Waals surface area contributed by atoms with Crippen LogP contribution in [0.3, 0.4) is 0 Å². The Morgan fingerprint density at radius 2 is 1.96 bits per heavy atom. The molecule has 0 aromatic carbocycles. The molecule has 0 atom stereocenters. The number of carboxylic acids is 1. The van der Waals surface area contributed by atoms with E-state index >= 15 is 0 Å². The fraction of sp³-hybridized carbons (Fsp3) is 0.300. The minimum atomic E-state index is -1.02. The van der Waals surface area contributed by atoms with Crippen LogP contribution in [-0.4, -0.2) is 45.4 Å². The highest BCUT2D eigenvalue weighted by Gasteiger charge is 2.44. The first-order chi connectivity index (χ1) is 13.2. The molecule has 3 aromatic rings. The van der Waals surface area contributed by atoms with Gasteiger partial charge in [-0.2, -0.15) is 5.10 Å². The Kier molecular flexibility index (Phi) is 4.68. The van der Waals surface area contributed by atoms with E-state index in [-0.39, 0.29) is 0 Å². The maximum atomic E-state index is 12.1. The highest BCUT2D eigenvalue weighted by molar-refractivity contribution is 5.77. The molecule has 1 fully saturated rings. The number of hydrogen-bond donors (Lipinski definition) is 1. The monoisotopic (exact) mass is 367 g/mol. The van der Waals surface area contributed by atoms with Crippen LogP contribution in [0.4, 0.5) is 0 Å². The first-order valence-corrected chi connectivity index (χ1v) is 8.93. The molecule has 1 aliphatic heterocycles. The largest absolute Gasteiger partial charge is 0.479 e. The van der Waals surface area contributed by atoms with Crippen molar-refractivity contribution in [1.29, 1.82) is 0 Å². The molecule has 1 aliphatic rings. The van der Waals surface area contributed by atoms with Crippen LogP contribution >= 0.6 is 0 Å². The van der Waals surface area contributed by atoms with E-state index in [1.807, 2.05) is 30.4 Å². The predicted octanol–water partition coefficient (Wildman–Crippen LogP) is 3.33. The number of rotatable bonds is 6. The lowest BCUT2D eigenvalue weighted by Crippen LogP contribution is -2.51. The van der Waals surface area contributed by atoms with E-state index in [9.17, 15) is 9.90 Å². The van der Waals surface area contributed by atoms with Crippen molar-refractivity contribution in [2.75, 3.05) is 19.6 Å². The molecule has 27 heavy (non-hydrogen) atoms. The first-order valence-electron chi connectivity index (χ1n) is 8.93. The summed E-state index contributed by atoms with van der Waals surface area (Å²) in [6.07, 6.45) is 9.92. The fourth-order valence-electron chi connectivity index (χ4n) is 3.47. The summed E-state index contributed by atoms with van der Waals surface area (Å²) in [5.74, 6) is 0.603. The van der Waals surface area contributed by atoms with Crippen LogP contribution in [0.1, 0.15) is 18.6 Å². The summed E-state index contributed by atoms with van der Waals surface area (Å²) in [4.78, 5) is 14.4. The number of aromatic nitrogens is 2. The summed E-state index contributed by atoms with van der Waals surface area (Å²) in [7, 11) is 0. The molecule has 7 nitrogen and oxygen atoms in total. The topological polar surface area (TPSA) is 84.6 Å². The molecule has 4 rings (SSSR count). The molecule has 0 aliphatic carbocycles. The van der Waals surface area contributed by atoms with Crippen LogP contribution in [0.15, 0.2) is 64.0 Å². The van der Waals surface area contributed by atoms with Gasteiger partial charge in [-0.3, -0.25) is 9.58 Å². The Morgan fingerprint density at radius 3 is 2.63 bits per heavy atom. The minimum Gasteiger partial charge on any atom is -0.479 e. The van der Waals surface area contributed by atoms with Gasteiger partial charge in [0.05, 0.1) is 12.5 Å². The van der Waals surface area contributed by atoms with Crippen molar-refractivity contribution < 1.29 is 18.7 Å². The summed E-state index contributed by atoms with van der Waals surface area (Å²) in [5.41, 5.74) is -0.379. The number of piperidine rings is 1. The average Bonchev–Trinajstić information content (AvgIpc) is 3.43. The predicted molar refractivity (Wildman–Crippen MR) is 99.0 cm³/mol. The highest BCUT2D eigenvalue weighted by Crippen LogP contribution is 2.31. The standard InChI is InChI=1S/C20H21N3O4/c24-19(25)20(23-11-7-17(21-23)18-6-3-15-27-18)8-12-22(13-9-20)10-1-4-16-5-2-14-26-16/h1-7,11,14-15H,8-10,12-13H2,(H,24,25)/b4-1+. The molecule has 0 bridgehead atoms. The van der Waals surface area contributed by atoms with Crippen molar-refractivity contribution in [1.82, 2.24) is 14.7 Å². The number of hydrogen-bond acceptors (Lipinski definition) is 5. The van der Waals surface area contributed by atoms with Gasteiger partial charge in [0.15, 0.2) is 11.3 Å². The molecule has 1 N–H and O–H groups in total. The molecular weight excluding hydrogens is 346 g/mol. The molecular formula is C20H21N3O4. The lowest BCUT2D eigenvalue weighted by atomic mass is 9.87. The van der Waals surface area contributed by atoms with Crippen LogP contribution in [0.25, 0.3) is 17.5 Å². The third kappa shape index (κ3) is 3.46. The number of aliphatic carboxylic acids is 1. The summed E-state index contributed by atoms with van der Waals surface area (Å²) in [6.45, 7) is 2.13. The van der Waals surface area contributed by atoms with Gasteiger partial charge in [0.25, 0.3) is 0 Å². The normalized spacial score (nSPS) is 17.5. The van der Waals surface area contributed by atoms with Crippen molar-refractivity contribution in [2.24, 2.45) is 0 Å². The van der Waals surface area contributed by atoms with Crippen molar-refractivity contribution >= 4 is 12.0 Å². The quantitative estimate of drug-likeness (QED) is 0.719. The molecule has 0 amide bonds. The number of carbonyl (C=O) groups is 1. The lowest BCUT2D eigenvalue weighted by Gasteiger charge is -2.38. The van der Waals surface area contributed by atoms with E-state index in [1.165, 1.54) is 0 Å². The van der Waals surface area contributed by atoms with Gasteiger partial charge in [0, 0.05) is 25.8 Å². The Hall–Kier alpha value is -3.06. The number of furan rings is 2. The van der Waals surface area contributed by atoms with Gasteiger partial charge in [-0.1, -0.05) is 6.08 Å². The van der Waals surface area contributed by atoms with E-state index in [1.54, 1.807) is 35.5 Å². The lowest BCUT2D eigenvalue weighted by molar-refractivity contribution is -0.151. The molecule has 3 aromatic heterocycles. The average molecular weight is 367 g/mol. The Labute approximate surface area is 156 Å². The van der Waals surface area contributed by atoms with Gasteiger partial charge in [-0.25, -0.2) is 4.79 Å². The van der Waals surface area contributed by atoms with Gasteiger partial charge in [-0.05, 0) is 49.2 Å². The van der Waals surface area contributed by atoms with E-state index in [2.05, 4.69) is 10.00 Å². The Balaban J connectivity index is 1.44. The van der Waals surface area contributed by atoms with Crippen LogP contribution in [0.5, 0.6) is 0 Å². The van der Waals surface area contributed by atoms with Crippen LogP contribution in [-0.2, 0) is 10.3 Å². The maximum absolute atomic E-state index is 12.1. The smallest absolute Gasteiger partial charge is 0.331 e. The zero-order valence-corrected chi connectivity index (χ0v) is 14.8. The van der Waals surface area contributed by atoms with Crippen LogP contribution < -0.4 is 0 Å². The molecule has 140 valence electrons. The number of nitrogens with zero attached hydrogens (tertiary/aromatic N) is 3. The second kappa shape index (κ2) is 7.28. The van der Waals surface area contributed by atoms with Crippen LogP contribution in [0.2, 0.25) is 0 Å². The zero-order chi connectivity index (χ0) is 18.7. The zero-order valence-electron chi connectivity index (χ0n) is 14.8. The fourth-order valence-corrected chi connectivity index (χ4v) is 3.47. The molecule has 1 saturated heterocycles. The van der Waals surface area contributed by atoms with E-state index in [0.29, 0.717) is 37.4 Å². The van der Waals surface area contributed by atoms with Gasteiger partial charge in [-0.15, -0.1) is 0 Å². The highest BCUT2D eigenvalue weighted by atomic mass is 16.4. The third-order valence-electron chi connectivity index (χ3n) is 5.07. The molecule has 0 spiro atoms. The first kappa shape index (κ1) is 17.4. The van der Waals surface area contributed by atoms with Gasteiger partial charge < -0.3 is 13.9 Å². The van der Waals surface area contributed by atoms with Gasteiger partial charge in [0.1, 0.15) is 11.5 Å². The Bertz CT molecular complexity index is 901. The number of likely N-dealkylation sites (tertiary alicyclic amines) is 1.